The molecule has 194 valence electrons. The summed E-state index contributed by atoms with van der Waals surface area (Å²) >= 11 is 0. The Hall–Kier alpha value is -3.90. The number of carbonyl (C=O) groups excluding carboxylic acids is 2. The van der Waals surface area contributed by atoms with Crippen molar-refractivity contribution >= 4 is 27.6 Å². The third kappa shape index (κ3) is 5.02. The average molecular weight is 535 g/mol. The second-order valence-corrected chi connectivity index (χ2v) is 10.1. The molecule has 8 nitrogen and oxygen atoms in total. The van der Waals surface area contributed by atoms with Crippen LogP contribution in [0.25, 0.3) is 0 Å². The Balaban J connectivity index is 1.87. The lowest BCUT2D eigenvalue weighted by Crippen LogP contribution is -2.50. The van der Waals surface area contributed by atoms with Crippen molar-refractivity contribution in [2.45, 2.75) is 23.7 Å². The second kappa shape index (κ2) is 9.87. The van der Waals surface area contributed by atoms with Crippen LogP contribution in [0.3, 0.4) is 0 Å². The number of amides is 1. The van der Waals surface area contributed by atoms with Crippen LogP contribution in [-0.2, 0) is 32.3 Å². The molecule has 37 heavy (non-hydrogen) atoms. The molecule has 0 fully saturated rings. The van der Waals surface area contributed by atoms with E-state index in [1.807, 2.05) is 0 Å². The number of anilines is 1. The maximum absolute atomic E-state index is 13.7. The molecule has 3 aromatic rings. The molecule has 0 saturated carbocycles. The van der Waals surface area contributed by atoms with Crippen molar-refractivity contribution in [3.63, 3.8) is 0 Å². The number of fused-ring (bicyclic) bond motifs is 1. The second-order valence-electron chi connectivity index (χ2n) is 8.17. The highest BCUT2D eigenvalue weighted by atomic mass is 32.2. The van der Waals surface area contributed by atoms with Crippen LogP contribution in [0.4, 0.5) is 18.9 Å². The van der Waals surface area contributed by atoms with E-state index in [1.54, 1.807) is 12.1 Å². The van der Waals surface area contributed by atoms with E-state index in [1.165, 1.54) is 18.2 Å². The minimum atomic E-state index is -4.83. The maximum Gasteiger partial charge on any atom is 0.417 e. The van der Waals surface area contributed by atoms with E-state index in [2.05, 4.69) is 0 Å². The fourth-order valence-corrected chi connectivity index (χ4v) is 5.68. The van der Waals surface area contributed by atoms with Gasteiger partial charge in [0.05, 0.1) is 29.7 Å². The number of nitrogens with zero attached hydrogens (tertiary/aromatic N) is 2. The number of alkyl halides is 3. The number of sulfonamides is 1. The van der Waals surface area contributed by atoms with Crippen LogP contribution in [-0.4, -0.2) is 49.4 Å². The molecule has 1 N–H and O–H groups in total. The summed E-state index contributed by atoms with van der Waals surface area (Å²) < 4.78 is 74.0. The number of rotatable bonds is 4. The molecular weight excluding hydrogens is 513 g/mol. The van der Waals surface area contributed by atoms with Gasteiger partial charge in [0.25, 0.3) is 5.91 Å². The Labute approximate surface area is 210 Å². The monoisotopic (exact) mass is 534 g/mol. The number of benzene rings is 3. The van der Waals surface area contributed by atoms with E-state index in [0.717, 1.165) is 58.8 Å². The zero-order valence-electron chi connectivity index (χ0n) is 19.3. The minimum Gasteiger partial charge on any atom is -0.508 e. The van der Waals surface area contributed by atoms with Gasteiger partial charge in [0.15, 0.2) is 0 Å². The number of aromatic hydroxyl groups is 1. The van der Waals surface area contributed by atoms with Crippen molar-refractivity contribution in [1.82, 2.24) is 4.31 Å². The normalized spacial score (nSPS) is 16.5. The van der Waals surface area contributed by atoms with Gasteiger partial charge in [-0.3, -0.25) is 9.59 Å². The topological polar surface area (TPSA) is 104 Å². The molecule has 1 aliphatic rings. The zero-order valence-corrected chi connectivity index (χ0v) is 20.2. The van der Waals surface area contributed by atoms with Crippen LogP contribution in [0.1, 0.15) is 21.5 Å². The molecular formula is C25H21F3N2O6S. The van der Waals surface area contributed by atoms with Gasteiger partial charge in [-0.2, -0.15) is 17.5 Å². The first kappa shape index (κ1) is 26.2. The van der Waals surface area contributed by atoms with Gasteiger partial charge in [-0.15, -0.1) is 0 Å². The molecule has 1 heterocycles. The smallest absolute Gasteiger partial charge is 0.417 e. The van der Waals surface area contributed by atoms with E-state index in [9.17, 15) is 36.3 Å². The lowest BCUT2D eigenvalue weighted by Gasteiger charge is -2.29. The maximum atomic E-state index is 13.7. The van der Waals surface area contributed by atoms with Crippen LogP contribution < -0.4 is 4.90 Å². The van der Waals surface area contributed by atoms with E-state index in [0.29, 0.717) is 0 Å². The molecule has 0 aliphatic carbocycles. The number of halogens is 3. The molecule has 0 spiro atoms. The summed E-state index contributed by atoms with van der Waals surface area (Å²) in [5.41, 5.74) is -1.37. The zero-order chi connectivity index (χ0) is 27.0. The van der Waals surface area contributed by atoms with Gasteiger partial charge < -0.3 is 14.7 Å². The standard InChI is InChI=1S/C25H21F3N2O6S/c1-36-24(33)22-15-29(23(32)19-7-3-4-8-20(19)25(26,27)28)21-9-5-2-6-16(21)14-30(22)37(34,35)18-12-10-17(31)11-13-18/h2-13,22,31H,14-15H2,1H3. The van der Waals surface area contributed by atoms with Crippen LogP contribution in [0, 0.1) is 0 Å². The molecule has 1 amide bonds. The third-order valence-corrected chi connectivity index (χ3v) is 7.81. The summed E-state index contributed by atoms with van der Waals surface area (Å²) in [7, 11) is -3.35. The molecule has 0 radical (unpaired) electrons. The highest BCUT2D eigenvalue weighted by Crippen LogP contribution is 2.36. The molecule has 0 aromatic heterocycles. The van der Waals surface area contributed by atoms with E-state index in [-0.39, 0.29) is 28.4 Å². The van der Waals surface area contributed by atoms with E-state index in [4.69, 9.17) is 4.74 Å². The summed E-state index contributed by atoms with van der Waals surface area (Å²) in [6.45, 7) is -0.976. The van der Waals surface area contributed by atoms with Gasteiger partial charge in [-0.25, -0.2) is 8.42 Å². The molecule has 1 atom stereocenters. The Bertz CT molecular complexity index is 1440. The van der Waals surface area contributed by atoms with Crippen LogP contribution in [0.2, 0.25) is 0 Å². The first-order chi connectivity index (χ1) is 17.4. The summed E-state index contributed by atoms with van der Waals surface area (Å²) in [5, 5.41) is 9.56. The van der Waals surface area contributed by atoms with Gasteiger partial charge in [0.2, 0.25) is 10.0 Å². The number of hydrogen-bond donors (Lipinski definition) is 1. The Morgan fingerprint density at radius 3 is 2.24 bits per heavy atom. The summed E-state index contributed by atoms with van der Waals surface area (Å²) in [6, 6.07) is 13.4. The molecule has 1 unspecified atom stereocenters. The summed E-state index contributed by atoms with van der Waals surface area (Å²) in [6.07, 6.45) is -4.83. The van der Waals surface area contributed by atoms with Crippen molar-refractivity contribution in [3.8, 4) is 5.75 Å². The van der Waals surface area contributed by atoms with Crippen molar-refractivity contribution in [3.05, 3.63) is 89.5 Å². The lowest BCUT2D eigenvalue weighted by atomic mass is 10.0. The van der Waals surface area contributed by atoms with Crippen molar-refractivity contribution in [1.29, 1.82) is 0 Å². The van der Waals surface area contributed by atoms with Crippen molar-refractivity contribution < 1.29 is 41.0 Å². The molecule has 3 aromatic carbocycles. The van der Waals surface area contributed by atoms with Crippen LogP contribution in [0.5, 0.6) is 5.75 Å². The number of phenols is 1. The molecule has 4 rings (SSSR count). The number of phenolic OH excluding ortho intramolecular Hbond substituents is 1. The van der Waals surface area contributed by atoms with E-state index >= 15 is 0 Å². The van der Waals surface area contributed by atoms with E-state index < -0.39 is 51.8 Å². The lowest BCUT2D eigenvalue weighted by molar-refractivity contribution is -0.145. The predicted molar refractivity (Wildman–Crippen MR) is 126 cm³/mol. The van der Waals surface area contributed by atoms with Crippen LogP contribution >= 0.6 is 0 Å². The number of esters is 1. The van der Waals surface area contributed by atoms with Gasteiger partial charge >= 0.3 is 12.1 Å². The Morgan fingerprint density at radius 1 is 0.973 bits per heavy atom. The van der Waals surface area contributed by atoms with Crippen molar-refractivity contribution in [2.75, 3.05) is 18.6 Å². The average Bonchev–Trinajstić information content (AvgIpc) is 3.05. The van der Waals surface area contributed by atoms with Gasteiger partial charge in [0, 0.05) is 12.2 Å². The fourth-order valence-electron chi connectivity index (χ4n) is 4.14. The molecule has 1 aliphatic heterocycles. The number of methoxy groups -OCH3 is 1. The van der Waals surface area contributed by atoms with Gasteiger partial charge in [-0.1, -0.05) is 30.3 Å². The highest BCUT2D eigenvalue weighted by molar-refractivity contribution is 7.89. The molecule has 0 bridgehead atoms. The number of ether oxygens (including phenoxy) is 1. The van der Waals surface area contributed by atoms with Crippen LogP contribution in [0.15, 0.2) is 77.7 Å². The summed E-state index contributed by atoms with van der Waals surface area (Å²) in [4.78, 5) is 27.2. The Morgan fingerprint density at radius 2 is 1.59 bits per heavy atom. The van der Waals surface area contributed by atoms with Gasteiger partial charge in [0.1, 0.15) is 11.8 Å². The molecule has 0 saturated heterocycles. The first-order valence-corrected chi connectivity index (χ1v) is 12.3. The largest absolute Gasteiger partial charge is 0.508 e. The fraction of sp³-hybridized carbons (Fsp3) is 0.200. The number of hydrogen-bond acceptors (Lipinski definition) is 6. The highest BCUT2D eigenvalue weighted by Gasteiger charge is 2.43. The van der Waals surface area contributed by atoms with Crippen molar-refractivity contribution in [2.24, 2.45) is 0 Å². The predicted octanol–water partition coefficient (Wildman–Crippen LogP) is 3.80. The summed E-state index contributed by atoms with van der Waals surface area (Å²) in [5.74, 6) is -2.24. The Kier molecular flexibility index (Phi) is 6.98. The number of carbonyl (C=O) groups is 2. The first-order valence-electron chi connectivity index (χ1n) is 10.9. The third-order valence-electron chi connectivity index (χ3n) is 5.94. The van der Waals surface area contributed by atoms with Gasteiger partial charge in [-0.05, 0) is 48.0 Å². The minimum absolute atomic E-state index is 0.154. The quantitative estimate of drug-likeness (QED) is 0.511. The molecule has 12 heteroatoms. The number of para-hydroxylation sites is 1. The SMILES string of the molecule is COC(=O)C1CN(C(=O)c2ccccc2C(F)(F)F)c2ccccc2CN1S(=O)(=O)c1ccc(O)cc1.